The van der Waals surface area contributed by atoms with E-state index in [1.807, 2.05) is 55.6 Å². The van der Waals surface area contributed by atoms with Crippen molar-refractivity contribution >= 4 is 23.2 Å². The molecule has 2 aliphatic rings. The molecule has 1 saturated carbocycles. The summed E-state index contributed by atoms with van der Waals surface area (Å²) < 4.78 is 0. The Kier molecular flexibility index (Phi) is 6.36. The molecule has 2 aromatic carbocycles. The zero-order valence-corrected chi connectivity index (χ0v) is 17.8. The van der Waals surface area contributed by atoms with Crippen LogP contribution in [0.25, 0.3) is 0 Å². The molecule has 0 bridgehead atoms. The number of hydrogen-bond donors (Lipinski definition) is 1. The van der Waals surface area contributed by atoms with Crippen LogP contribution >= 0.6 is 0 Å². The Morgan fingerprint density at radius 2 is 1.70 bits per heavy atom. The lowest BCUT2D eigenvalue weighted by Gasteiger charge is -2.27. The van der Waals surface area contributed by atoms with Gasteiger partial charge in [0.05, 0.1) is 11.3 Å². The summed E-state index contributed by atoms with van der Waals surface area (Å²) in [6.07, 6.45) is 6.67. The second kappa shape index (κ2) is 9.33. The van der Waals surface area contributed by atoms with Crippen LogP contribution in [0, 0.1) is 5.92 Å². The van der Waals surface area contributed by atoms with Gasteiger partial charge in [-0.15, -0.1) is 0 Å². The second-order valence-corrected chi connectivity index (χ2v) is 8.54. The molecule has 2 fully saturated rings. The molecule has 1 N–H and O–H groups in total. The lowest BCUT2D eigenvalue weighted by Crippen LogP contribution is -2.31. The Morgan fingerprint density at radius 1 is 1.00 bits per heavy atom. The molecule has 2 amide bonds. The van der Waals surface area contributed by atoms with E-state index in [0.29, 0.717) is 12.1 Å². The van der Waals surface area contributed by atoms with Crippen molar-refractivity contribution in [3.8, 4) is 0 Å². The summed E-state index contributed by atoms with van der Waals surface area (Å²) in [5.74, 6) is 0.264. The Hall–Kier alpha value is -2.82. The average Bonchev–Trinajstić information content (AvgIpc) is 3.61. The number of hydrogen-bond acceptors (Lipinski definition) is 3. The fourth-order valence-corrected chi connectivity index (χ4v) is 4.09. The van der Waals surface area contributed by atoms with Crippen molar-refractivity contribution in [3.63, 3.8) is 0 Å². The van der Waals surface area contributed by atoms with Crippen LogP contribution in [-0.4, -0.2) is 36.9 Å². The van der Waals surface area contributed by atoms with Gasteiger partial charge >= 0.3 is 0 Å². The minimum atomic E-state index is 0.0122. The zero-order valence-electron chi connectivity index (χ0n) is 17.8. The van der Waals surface area contributed by atoms with E-state index in [-0.39, 0.29) is 17.7 Å². The quantitative estimate of drug-likeness (QED) is 0.759. The number of carbonyl (C=O) groups excluding carboxylic acids is 2. The van der Waals surface area contributed by atoms with Gasteiger partial charge in [-0.05, 0) is 49.4 Å². The van der Waals surface area contributed by atoms with Crippen molar-refractivity contribution in [2.45, 2.75) is 45.1 Å². The molecule has 2 aromatic rings. The third kappa shape index (κ3) is 5.02. The number of rotatable bonds is 6. The van der Waals surface area contributed by atoms with Crippen molar-refractivity contribution in [3.05, 3.63) is 59.7 Å². The third-order valence-electron chi connectivity index (χ3n) is 6.00. The SMILES string of the molecule is CN(Cc1ccccc1)C(=O)c1ccc(NC(=O)C2CC2)cc1N1CCCCCC1. The molecule has 0 radical (unpaired) electrons. The predicted octanol–water partition coefficient (Wildman–Crippen LogP) is 4.69. The molecule has 4 rings (SSSR count). The molecule has 30 heavy (non-hydrogen) atoms. The van der Waals surface area contributed by atoms with Gasteiger partial charge in [0.15, 0.2) is 0 Å². The van der Waals surface area contributed by atoms with Crippen LogP contribution in [0.5, 0.6) is 0 Å². The van der Waals surface area contributed by atoms with Crippen molar-refractivity contribution in [1.82, 2.24) is 4.90 Å². The van der Waals surface area contributed by atoms with Gasteiger partial charge in [-0.1, -0.05) is 43.2 Å². The van der Waals surface area contributed by atoms with Crippen molar-refractivity contribution < 1.29 is 9.59 Å². The number of anilines is 2. The molecular weight excluding hydrogens is 374 g/mol. The van der Waals surface area contributed by atoms with Crippen LogP contribution in [0.1, 0.15) is 54.4 Å². The van der Waals surface area contributed by atoms with E-state index in [1.54, 1.807) is 4.90 Å². The highest BCUT2D eigenvalue weighted by Crippen LogP contribution is 2.32. The Bertz CT molecular complexity index is 885. The van der Waals surface area contributed by atoms with Crippen LogP contribution in [0.4, 0.5) is 11.4 Å². The summed E-state index contributed by atoms with van der Waals surface area (Å²) in [5.41, 5.74) is 3.54. The van der Waals surface area contributed by atoms with Crippen LogP contribution in [0.15, 0.2) is 48.5 Å². The van der Waals surface area contributed by atoms with Crippen LogP contribution in [-0.2, 0) is 11.3 Å². The summed E-state index contributed by atoms with van der Waals surface area (Å²) >= 11 is 0. The van der Waals surface area contributed by atoms with Gasteiger partial charge in [0.25, 0.3) is 5.91 Å². The van der Waals surface area contributed by atoms with Gasteiger partial charge in [-0.2, -0.15) is 0 Å². The lowest BCUT2D eigenvalue weighted by molar-refractivity contribution is -0.117. The maximum absolute atomic E-state index is 13.4. The van der Waals surface area contributed by atoms with E-state index in [4.69, 9.17) is 0 Å². The fourth-order valence-electron chi connectivity index (χ4n) is 4.09. The first-order valence-corrected chi connectivity index (χ1v) is 11.1. The second-order valence-electron chi connectivity index (χ2n) is 8.54. The molecule has 0 atom stereocenters. The summed E-state index contributed by atoms with van der Waals surface area (Å²) in [6.45, 7) is 2.46. The number of nitrogens with zero attached hydrogens (tertiary/aromatic N) is 2. The monoisotopic (exact) mass is 405 g/mol. The Labute approximate surface area is 179 Å². The number of benzene rings is 2. The van der Waals surface area contributed by atoms with E-state index in [2.05, 4.69) is 10.2 Å². The molecule has 158 valence electrons. The molecule has 0 aromatic heterocycles. The summed E-state index contributed by atoms with van der Waals surface area (Å²) in [4.78, 5) is 29.7. The van der Waals surface area contributed by atoms with Gasteiger partial charge in [-0.3, -0.25) is 9.59 Å². The number of nitrogens with one attached hydrogen (secondary N) is 1. The molecule has 0 spiro atoms. The summed E-state index contributed by atoms with van der Waals surface area (Å²) in [5, 5.41) is 3.04. The Morgan fingerprint density at radius 3 is 2.37 bits per heavy atom. The minimum absolute atomic E-state index is 0.0122. The molecule has 5 heteroatoms. The first kappa shape index (κ1) is 20.5. The first-order valence-electron chi connectivity index (χ1n) is 11.1. The van der Waals surface area contributed by atoms with Gasteiger partial charge in [0.1, 0.15) is 0 Å². The molecule has 1 heterocycles. The van der Waals surface area contributed by atoms with Crippen LogP contribution in [0.3, 0.4) is 0 Å². The fraction of sp³-hybridized carbons (Fsp3) is 0.440. The topological polar surface area (TPSA) is 52.7 Å². The normalized spacial score (nSPS) is 16.6. The van der Waals surface area contributed by atoms with Crippen LogP contribution in [0.2, 0.25) is 0 Å². The largest absolute Gasteiger partial charge is 0.371 e. The van der Waals surface area contributed by atoms with Gasteiger partial charge in [0, 0.05) is 38.3 Å². The highest BCUT2D eigenvalue weighted by Gasteiger charge is 2.30. The molecular formula is C25H31N3O2. The highest BCUT2D eigenvalue weighted by molar-refractivity contribution is 6.01. The molecule has 5 nitrogen and oxygen atoms in total. The van der Waals surface area contributed by atoms with Gasteiger partial charge < -0.3 is 15.1 Å². The minimum Gasteiger partial charge on any atom is -0.371 e. The van der Waals surface area contributed by atoms with Crippen LogP contribution < -0.4 is 10.2 Å². The van der Waals surface area contributed by atoms with Gasteiger partial charge in [-0.25, -0.2) is 0 Å². The maximum atomic E-state index is 13.4. The van der Waals surface area contributed by atoms with E-state index < -0.39 is 0 Å². The first-order chi connectivity index (χ1) is 14.6. The predicted molar refractivity (Wildman–Crippen MR) is 121 cm³/mol. The molecule has 1 aliphatic carbocycles. The summed E-state index contributed by atoms with van der Waals surface area (Å²) in [6, 6.07) is 15.8. The van der Waals surface area contributed by atoms with E-state index in [9.17, 15) is 9.59 Å². The average molecular weight is 406 g/mol. The zero-order chi connectivity index (χ0) is 20.9. The molecule has 1 saturated heterocycles. The number of carbonyl (C=O) groups is 2. The molecule has 0 unspecified atom stereocenters. The van der Waals surface area contributed by atoms with E-state index in [1.165, 1.54) is 12.8 Å². The van der Waals surface area contributed by atoms with Crippen molar-refractivity contribution in [1.29, 1.82) is 0 Å². The van der Waals surface area contributed by atoms with Crippen molar-refractivity contribution in [2.75, 3.05) is 30.4 Å². The lowest BCUT2D eigenvalue weighted by atomic mass is 10.1. The van der Waals surface area contributed by atoms with Gasteiger partial charge in [0.2, 0.25) is 5.91 Å². The number of amides is 2. The molecule has 1 aliphatic heterocycles. The van der Waals surface area contributed by atoms with E-state index >= 15 is 0 Å². The van der Waals surface area contributed by atoms with E-state index in [0.717, 1.165) is 55.7 Å². The maximum Gasteiger partial charge on any atom is 0.256 e. The summed E-state index contributed by atoms with van der Waals surface area (Å²) in [7, 11) is 1.85. The van der Waals surface area contributed by atoms with Crippen molar-refractivity contribution in [2.24, 2.45) is 5.92 Å². The highest BCUT2D eigenvalue weighted by atomic mass is 16.2. The third-order valence-corrected chi connectivity index (χ3v) is 6.00. The Balaban J connectivity index is 1.59. The smallest absolute Gasteiger partial charge is 0.256 e. The standard InChI is InChI=1S/C25H31N3O2/c1-27(18-19-9-5-4-6-10-19)25(30)22-14-13-21(26-24(29)20-11-12-20)17-23(22)28-15-7-2-3-8-16-28/h4-6,9-10,13-14,17,20H,2-3,7-8,11-12,15-16,18H2,1H3,(H,26,29).